The maximum Gasteiger partial charge on any atom is 0.522 e. The van der Waals surface area contributed by atoms with Crippen LogP contribution < -0.4 is 0 Å². The molecule has 0 N–H and O–H groups in total. The van der Waals surface area contributed by atoms with Gasteiger partial charge >= 0.3 is 6.36 Å². The predicted molar refractivity (Wildman–Crippen MR) is 22.7 cm³/mol. The van der Waals surface area contributed by atoms with Crippen LogP contribution in [0.4, 0.5) is 13.2 Å². The molecule has 0 aromatic heterocycles. The second-order valence-electron chi connectivity index (χ2n) is 0.983. The molecule has 0 aromatic carbocycles. The maximum absolute atomic E-state index is 11.0. The van der Waals surface area contributed by atoms with Gasteiger partial charge in [-0.3, -0.25) is 4.74 Å². The van der Waals surface area contributed by atoms with Gasteiger partial charge in [0.15, 0.2) is 0 Å². The van der Waals surface area contributed by atoms with Crippen molar-refractivity contribution in [2.75, 3.05) is 12.5 Å². The summed E-state index contributed by atoms with van der Waals surface area (Å²) in [5.74, 6) is -0.139. The average Bonchev–Trinajstić information content (AvgIpc) is 1.59. The SMILES string of the molecule is FC(F)(F)OCCCl. The lowest BCUT2D eigenvalue weighted by atomic mass is 10.9. The Morgan fingerprint density at radius 3 is 2.00 bits per heavy atom. The van der Waals surface area contributed by atoms with Crippen molar-refractivity contribution in [3.05, 3.63) is 0 Å². The summed E-state index contributed by atoms with van der Waals surface area (Å²) in [6.07, 6.45) is -4.53. The van der Waals surface area contributed by atoms with Crippen LogP contribution in [0.25, 0.3) is 0 Å². The van der Waals surface area contributed by atoms with Crippen molar-refractivity contribution in [1.29, 1.82) is 0 Å². The quantitative estimate of drug-likeness (QED) is 0.543. The van der Waals surface area contributed by atoms with E-state index in [1.165, 1.54) is 0 Å². The molecule has 50 valence electrons. The summed E-state index contributed by atoms with van der Waals surface area (Å²) in [5, 5.41) is 0. The smallest absolute Gasteiger partial charge is 0.291 e. The lowest BCUT2D eigenvalue weighted by Gasteiger charge is -2.03. The first-order valence-electron chi connectivity index (χ1n) is 1.83. The number of hydrogen-bond acceptors (Lipinski definition) is 1. The van der Waals surface area contributed by atoms with Gasteiger partial charge in [0.25, 0.3) is 0 Å². The van der Waals surface area contributed by atoms with E-state index in [1.807, 2.05) is 0 Å². The van der Waals surface area contributed by atoms with Gasteiger partial charge in [-0.15, -0.1) is 24.8 Å². The molecule has 0 aliphatic heterocycles. The van der Waals surface area contributed by atoms with Crippen molar-refractivity contribution in [2.45, 2.75) is 6.36 Å². The molecule has 0 radical (unpaired) electrons. The van der Waals surface area contributed by atoms with Crippen molar-refractivity contribution in [3.63, 3.8) is 0 Å². The Bertz CT molecular complexity index is 62.0. The van der Waals surface area contributed by atoms with E-state index in [0.29, 0.717) is 0 Å². The van der Waals surface area contributed by atoms with Crippen LogP contribution in [0.3, 0.4) is 0 Å². The predicted octanol–water partition coefficient (Wildman–Crippen LogP) is 1.76. The Morgan fingerprint density at radius 1 is 1.38 bits per heavy atom. The van der Waals surface area contributed by atoms with Crippen LogP contribution in [-0.4, -0.2) is 18.8 Å². The summed E-state index contributed by atoms with van der Waals surface area (Å²) in [6.45, 7) is -0.481. The fourth-order valence-corrected chi connectivity index (χ4v) is 0.231. The molecular formula is C3H4ClF3O. The Kier molecular flexibility index (Phi) is 3.16. The summed E-state index contributed by atoms with van der Waals surface area (Å²) < 4.78 is 36.1. The van der Waals surface area contributed by atoms with E-state index >= 15 is 0 Å². The third-order valence-electron chi connectivity index (χ3n) is 0.343. The second-order valence-corrected chi connectivity index (χ2v) is 1.36. The molecule has 0 fully saturated rings. The number of halogens is 4. The van der Waals surface area contributed by atoms with Crippen molar-refractivity contribution in [2.24, 2.45) is 0 Å². The van der Waals surface area contributed by atoms with E-state index in [2.05, 4.69) is 4.74 Å². The van der Waals surface area contributed by atoms with Gasteiger partial charge in [0.05, 0.1) is 6.61 Å². The van der Waals surface area contributed by atoms with Crippen molar-refractivity contribution in [1.82, 2.24) is 0 Å². The number of alkyl halides is 4. The largest absolute Gasteiger partial charge is 0.522 e. The Hall–Kier alpha value is 0.0400. The fraction of sp³-hybridized carbons (Fsp3) is 1.00. The standard InChI is InChI=1S/C3H4ClF3O/c4-1-2-8-3(5,6)7/h1-2H2. The molecule has 8 heavy (non-hydrogen) atoms. The lowest BCUT2D eigenvalue weighted by Crippen LogP contribution is -2.14. The zero-order valence-corrected chi connectivity index (χ0v) is 4.59. The lowest BCUT2D eigenvalue weighted by molar-refractivity contribution is -0.322. The molecule has 0 amide bonds. The zero-order chi connectivity index (χ0) is 6.62. The molecule has 0 atom stereocenters. The molecule has 0 bridgehead atoms. The van der Waals surface area contributed by atoms with E-state index in [0.717, 1.165) is 0 Å². The molecule has 0 heterocycles. The molecule has 0 saturated carbocycles. The fourth-order valence-electron chi connectivity index (χ4n) is 0.154. The minimum absolute atomic E-state index is 0.139. The van der Waals surface area contributed by atoms with E-state index in [4.69, 9.17) is 11.6 Å². The van der Waals surface area contributed by atoms with Crippen LogP contribution in [-0.2, 0) is 4.74 Å². The van der Waals surface area contributed by atoms with Crippen LogP contribution in [0.5, 0.6) is 0 Å². The van der Waals surface area contributed by atoms with Crippen LogP contribution in [0.2, 0.25) is 0 Å². The average molecular weight is 149 g/mol. The minimum atomic E-state index is -4.53. The Labute approximate surface area is 49.4 Å². The molecule has 0 rings (SSSR count). The van der Waals surface area contributed by atoms with Crippen LogP contribution in [0.15, 0.2) is 0 Å². The first kappa shape index (κ1) is 8.04. The van der Waals surface area contributed by atoms with Crippen LogP contribution in [0.1, 0.15) is 0 Å². The summed E-state index contributed by atoms with van der Waals surface area (Å²) in [4.78, 5) is 0. The van der Waals surface area contributed by atoms with E-state index in [9.17, 15) is 13.2 Å². The van der Waals surface area contributed by atoms with Gasteiger partial charge < -0.3 is 0 Å². The zero-order valence-electron chi connectivity index (χ0n) is 3.83. The van der Waals surface area contributed by atoms with E-state index in [-0.39, 0.29) is 5.88 Å². The third-order valence-corrected chi connectivity index (χ3v) is 0.497. The number of hydrogen-bond donors (Lipinski definition) is 0. The Balaban J connectivity index is 3.11. The Morgan fingerprint density at radius 2 is 1.88 bits per heavy atom. The first-order chi connectivity index (χ1) is 3.56. The summed E-state index contributed by atoms with van der Waals surface area (Å²) in [6, 6.07) is 0. The van der Waals surface area contributed by atoms with Gasteiger partial charge in [0, 0.05) is 5.88 Å². The summed E-state index contributed by atoms with van der Waals surface area (Å²) >= 11 is 4.88. The monoisotopic (exact) mass is 148 g/mol. The van der Waals surface area contributed by atoms with Crippen LogP contribution >= 0.6 is 11.6 Å². The van der Waals surface area contributed by atoms with Gasteiger partial charge in [0.2, 0.25) is 0 Å². The van der Waals surface area contributed by atoms with Gasteiger partial charge in [0.1, 0.15) is 0 Å². The summed E-state index contributed by atoms with van der Waals surface area (Å²) in [5.41, 5.74) is 0. The van der Waals surface area contributed by atoms with E-state index < -0.39 is 13.0 Å². The molecule has 0 aromatic rings. The highest BCUT2D eigenvalue weighted by Crippen LogP contribution is 2.15. The second kappa shape index (κ2) is 3.14. The molecule has 0 unspecified atom stereocenters. The highest BCUT2D eigenvalue weighted by Gasteiger charge is 2.28. The molecule has 1 nitrogen and oxygen atoms in total. The molecule has 0 aliphatic carbocycles. The molecular weight excluding hydrogens is 144 g/mol. The molecule has 0 aliphatic rings. The number of ether oxygens (including phenoxy) is 1. The summed E-state index contributed by atoms with van der Waals surface area (Å²) in [7, 11) is 0. The normalized spacial score (nSPS) is 12.0. The van der Waals surface area contributed by atoms with Crippen molar-refractivity contribution < 1.29 is 17.9 Å². The van der Waals surface area contributed by atoms with E-state index in [1.54, 1.807) is 0 Å². The molecule has 0 saturated heterocycles. The van der Waals surface area contributed by atoms with Gasteiger partial charge in [-0.2, -0.15) is 0 Å². The highest BCUT2D eigenvalue weighted by atomic mass is 35.5. The van der Waals surface area contributed by atoms with Gasteiger partial charge in [-0.05, 0) is 0 Å². The third kappa shape index (κ3) is 6.04. The van der Waals surface area contributed by atoms with Gasteiger partial charge in [-0.25, -0.2) is 0 Å². The van der Waals surface area contributed by atoms with Crippen LogP contribution in [0, 0.1) is 0 Å². The minimum Gasteiger partial charge on any atom is -0.291 e. The maximum atomic E-state index is 11.0. The van der Waals surface area contributed by atoms with Crippen molar-refractivity contribution >= 4 is 11.6 Å². The van der Waals surface area contributed by atoms with Crippen molar-refractivity contribution in [3.8, 4) is 0 Å². The first-order valence-corrected chi connectivity index (χ1v) is 2.36. The highest BCUT2D eigenvalue weighted by molar-refractivity contribution is 6.17. The molecule has 0 spiro atoms. The number of rotatable bonds is 2. The molecule has 5 heteroatoms. The van der Waals surface area contributed by atoms with Gasteiger partial charge in [-0.1, -0.05) is 0 Å². The topological polar surface area (TPSA) is 9.23 Å².